The van der Waals surface area contributed by atoms with Gasteiger partial charge in [0.15, 0.2) is 0 Å². The zero-order valence-electron chi connectivity index (χ0n) is 22.5. The molecule has 0 unspecified atom stereocenters. The first-order chi connectivity index (χ1) is 18.0. The maximum Gasteiger partial charge on any atom is 0.317 e. The lowest BCUT2D eigenvalue weighted by molar-refractivity contribution is -0.135. The van der Waals surface area contributed by atoms with Crippen molar-refractivity contribution in [3.63, 3.8) is 0 Å². The number of carbonyl (C=O) groups excluding carboxylic acids is 2. The highest BCUT2D eigenvalue weighted by Crippen LogP contribution is 2.25. The molecule has 1 heterocycles. The van der Waals surface area contributed by atoms with Crippen molar-refractivity contribution < 1.29 is 18.7 Å². The summed E-state index contributed by atoms with van der Waals surface area (Å²) < 4.78 is 20.7. The van der Waals surface area contributed by atoms with E-state index in [4.69, 9.17) is 4.74 Å². The Kier molecular flexibility index (Phi) is 11.9. The number of halogens is 1. The van der Waals surface area contributed by atoms with Gasteiger partial charge in [0, 0.05) is 51.3 Å². The average molecular weight is 515 g/mol. The molecular formula is C29H43FN4O3. The quantitative estimate of drug-likeness (QED) is 0.353. The van der Waals surface area contributed by atoms with Crippen LogP contribution in [-0.2, 0) is 22.6 Å². The highest BCUT2D eigenvalue weighted by molar-refractivity contribution is 5.84. The van der Waals surface area contributed by atoms with Crippen LogP contribution in [0.1, 0.15) is 69.5 Å². The van der Waals surface area contributed by atoms with Crippen LogP contribution in [0.15, 0.2) is 42.6 Å². The predicted octanol–water partition coefficient (Wildman–Crippen LogP) is 5.19. The van der Waals surface area contributed by atoms with Crippen LogP contribution in [0.3, 0.4) is 0 Å². The predicted molar refractivity (Wildman–Crippen MR) is 144 cm³/mol. The number of rotatable bonds is 14. The molecule has 2 aromatic rings. The van der Waals surface area contributed by atoms with Gasteiger partial charge in [0.05, 0.1) is 6.54 Å². The summed E-state index contributed by atoms with van der Waals surface area (Å²) in [5.74, 6) is -0.274. The molecule has 1 aromatic heterocycles. The largest absolute Gasteiger partial charge is 0.385 e. The monoisotopic (exact) mass is 514 g/mol. The minimum absolute atomic E-state index is 0.0236. The Balaban J connectivity index is 1.74. The first-order valence-corrected chi connectivity index (χ1v) is 13.7. The Morgan fingerprint density at radius 3 is 2.57 bits per heavy atom. The molecule has 1 N–H and O–H groups in total. The number of amides is 3. The van der Waals surface area contributed by atoms with Gasteiger partial charge in [0.2, 0.25) is 5.91 Å². The maximum absolute atomic E-state index is 13.8. The zero-order chi connectivity index (χ0) is 26.5. The standard InChI is InChI=1S/C29H43FN4O3/c1-3-4-17-31-29(36)33(19-9-20-37-2)23-28(35)34(26-10-6-5-7-11-26)22-27-12-8-18-32(27)21-24-13-15-25(30)16-14-24/h8,12-16,18,26H,3-7,9-11,17,19-23H2,1-2H3,(H,31,36). The third kappa shape index (κ3) is 9.18. The fourth-order valence-corrected chi connectivity index (χ4v) is 4.91. The molecule has 37 heavy (non-hydrogen) atoms. The van der Waals surface area contributed by atoms with Gasteiger partial charge in [-0.2, -0.15) is 0 Å². The second kappa shape index (κ2) is 15.4. The number of ether oxygens (including phenoxy) is 1. The first-order valence-electron chi connectivity index (χ1n) is 13.7. The summed E-state index contributed by atoms with van der Waals surface area (Å²) in [5, 5.41) is 2.96. The van der Waals surface area contributed by atoms with Crippen LogP contribution < -0.4 is 5.32 Å². The van der Waals surface area contributed by atoms with Crippen molar-refractivity contribution >= 4 is 11.9 Å². The molecule has 0 spiro atoms. The minimum Gasteiger partial charge on any atom is -0.385 e. The van der Waals surface area contributed by atoms with Crippen molar-refractivity contribution in [2.45, 2.75) is 77.4 Å². The Morgan fingerprint density at radius 2 is 1.86 bits per heavy atom. The summed E-state index contributed by atoms with van der Waals surface area (Å²) in [6.07, 6.45) is 9.96. The highest BCUT2D eigenvalue weighted by Gasteiger charge is 2.28. The molecule has 1 aliphatic carbocycles. The second-order valence-corrected chi connectivity index (χ2v) is 9.92. The molecule has 1 saturated carbocycles. The Bertz CT molecular complexity index is 956. The molecule has 3 amide bonds. The van der Waals surface area contributed by atoms with Crippen LogP contribution in [0, 0.1) is 5.82 Å². The molecule has 1 fully saturated rings. The molecule has 3 rings (SSSR count). The number of urea groups is 1. The van der Waals surface area contributed by atoms with Crippen LogP contribution >= 0.6 is 0 Å². The number of aromatic nitrogens is 1. The van der Waals surface area contributed by atoms with Gasteiger partial charge in [0.25, 0.3) is 0 Å². The molecule has 0 saturated heterocycles. The number of nitrogens with one attached hydrogen (secondary N) is 1. The van der Waals surface area contributed by atoms with Gasteiger partial charge in [-0.3, -0.25) is 4.79 Å². The number of unbranched alkanes of at least 4 members (excludes halogenated alkanes) is 1. The lowest BCUT2D eigenvalue weighted by Crippen LogP contribution is -2.50. The number of benzene rings is 1. The summed E-state index contributed by atoms with van der Waals surface area (Å²) in [6.45, 7) is 4.84. The van der Waals surface area contributed by atoms with Crippen molar-refractivity contribution in [2.24, 2.45) is 0 Å². The Labute approximate surface area is 221 Å². The molecule has 0 atom stereocenters. The SMILES string of the molecule is CCCCNC(=O)N(CCCOC)CC(=O)N(Cc1cccn1Cc1ccc(F)cc1)C1CCCCC1. The van der Waals surface area contributed by atoms with Gasteiger partial charge in [-0.1, -0.05) is 44.7 Å². The summed E-state index contributed by atoms with van der Waals surface area (Å²) in [4.78, 5) is 30.3. The first kappa shape index (κ1) is 28.7. The van der Waals surface area contributed by atoms with E-state index in [0.717, 1.165) is 49.8 Å². The van der Waals surface area contributed by atoms with Crippen molar-refractivity contribution in [1.29, 1.82) is 0 Å². The molecule has 1 aliphatic rings. The summed E-state index contributed by atoms with van der Waals surface area (Å²) >= 11 is 0. The maximum atomic E-state index is 13.8. The van der Waals surface area contributed by atoms with E-state index in [1.807, 2.05) is 23.2 Å². The van der Waals surface area contributed by atoms with Crippen LogP contribution in [0.5, 0.6) is 0 Å². The van der Waals surface area contributed by atoms with Gasteiger partial charge >= 0.3 is 6.03 Å². The lowest BCUT2D eigenvalue weighted by Gasteiger charge is -2.36. The van der Waals surface area contributed by atoms with Crippen LogP contribution in [0.4, 0.5) is 9.18 Å². The normalized spacial score (nSPS) is 13.9. The third-order valence-electron chi connectivity index (χ3n) is 7.05. The van der Waals surface area contributed by atoms with Crippen LogP contribution in [0.25, 0.3) is 0 Å². The van der Waals surface area contributed by atoms with E-state index in [2.05, 4.69) is 16.8 Å². The topological polar surface area (TPSA) is 66.8 Å². The highest BCUT2D eigenvalue weighted by atomic mass is 19.1. The van der Waals surface area contributed by atoms with Crippen molar-refractivity contribution in [3.8, 4) is 0 Å². The van der Waals surface area contributed by atoms with Crippen LogP contribution in [-0.4, -0.2) is 65.7 Å². The Morgan fingerprint density at radius 1 is 1.11 bits per heavy atom. The van der Waals surface area contributed by atoms with E-state index in [1.165, 1.54) is 18.6 Å². The van der Waals surface area contributed by atoms with Crippen LogP contribution in [0.2, 0.25) is 0 Å². The van der Waals surface area contributed by atoms with Gasteiger partial charge in [-0.25, -0.2) is 9.18 Å². The summed E-state index contributed by atoms with van der Waals surface area (Å²) in [6, 6.07) is 10.5. The molecular weight excluding hydrogens is 471 g/mol. The van der Waals surface area contributed by atoms with E-state index in [0.29, 0.717) is 39.2 Å². The zero-order valence-corrected chi connectivity index (χ0v) is 22.5. The molecule has 204 valence electrons. The van der Waals surface area contributed by atoms with E-state index >= 15 is 0 Å². The molecule has 7 nitrogen and oxygen atoms in total. The molecule has 1 aromatic carbocycles. The van der Waals surface area contributed by atoms with Gasteiger partial charge in [-0.15, -0.1) is 0 Å². The number of hydrogen-bond acceptors (Lipinski definition) is 3. The van der Waals surface area contributed by atoms with E-state index in [1.54, 1.807) is 24.1 Å². The number of methoxy groups -OCH3 is 1. The molecule has 0 bridgehead atoms. The summed E-state index contributed by atoms with van der Waals surface area (Å²) in [5.41, 5.74) is 2.03. The number of hydrogen-bond donors (Lipinski definition) is 1. The van der Waals surface area contributed by atoms with Gasteiger partial charge < -0.3 is 24.4 Å². The minimum atomic E-state index is -0.251. The van der Waals surface area contributed by atoms with E-state index in [-0.39, 0.29) is 30.3 Å². The van der Waals surface area contributed by atoms with Crippen molar-refractivity contribution in [2.75, 3.05) is 33.4 Å². The number of carbonyl (C=O) groups is 2. The van der Waals surface area contributed by atoms with Crippen molar-refractivity contribution in [1.82, 2.24) is 19.7 Å². The molecule has 0 radical (unpaired) electrons. The smallest absolute Gasteiger partial charge is 0.317 e. The van der Waals surface area contributed by atoms with Gasteiger partial charge in [0.1, 0.15) is 12.4 Å². The lowest BCUT2D eigenvalue weighted by atomic mass is 9.94. The van der Waals surface area contributed by atoms with Crippen molar-refractivity contribution in [3.05, 3.63) is 59.7 Å². The average Bonchev–Trinajstić information content (AvgIpc) is 3.35. The van der Waals surface area contributed by atoms with E-state index in [9.17, 15) is 14.0 Å². The molecule has 8 heteroatoms. The van der Waals surface area contributed by atoms with Gasteiger partial charge in [-0.05, 0) is 55.5 Å². The third-order valence-corrected chi connectivity index (χ3v) is 7.05. The second-order valence-electron chi connectivity index (χ2n) is 9.92. The Hall–Kier alpha value is -2.87. The summed E-state index contributed by atoms with van der Waals surface area (Å²) in [7, 11) is 1.64. The fraction of sp³-hybridized carbons (Fsp3) is 0.586. The molecule has 0 aliphatic heterocycles. The fourth-order valence-electron chi connectivity index (χ4n) is 4.91. The van der Waals surface area contributed by atoms with E-state index < -0.39 is 0 Å². The number of nitrogens with zero attached hydrogens (tertiary/aromatic N) is 3.